The Kier molecular flexibility index (Phi) is 4.66. The third-order valence-electron chi connectivity index (χ3n) is 2.41. The lowest BCUT2D eigenvalue weighted by Gasteiger charge is -2.13. The van der Waals surface area contributed by atoms with Crippen LogP contribution in [0.15, 0.2) is 22.8 Å². The van der Waals surface area contributed by atoms with Gasteiger partial charge in [-0.05, 0) is 35.0 Å². The summed E-state index contributed by atoms with van der Waals surface area (Å²) >= 11 is 9.50. The third kappa shape index (κ3) is 3.61. The van der Waals surface area contributed by atoms with Crippen molar-refractivity contribution in [3.8, 4) is 5.75 Å². The Morgan fingerprint density at radius 2 is 2.26 bits per heavy atom. The fraction of sp³-hybridized carbons (Fsp3) is 0.333. The zero-order chi connectivity index (χ0) is 13.8. The lowest BCUT2D eigenvalue weighted by atomic mass is 10.3. The number of ether oxygens (including phenoxy) is 1. The normalized spacial score (nSPS) is 10.5. The molecular weight excluding hydrogens is 332 g/mol. The van der Waals surface area contributed by atoms with Crippen molar-refractivity contribution < 1.29 is 4.74 Å². The molecule has 7 heteroatoms. The maximum Gasteiger partial charge on any atom is 0.156 e. The summed E-state index contributed by atoms with van der Waals surface area (Å²) in [5.41, 5.74) is 1.67. The van der Waals surface area contributed by atoms with Crippen LogP contribution in [0, 0.1) is 0 Å². The lowest BCUT2D eigenvalue weighted by Crippen LogP contribution is -2.03. The lowest BCUT2D eigenvalue weighted by molar-refractivity contribution is 0.339. The van der Waals surface area contributed by atoms with Crippen LogP contribution in [0.2, 0.25) is 5.02 Å². The van der Waals surface area contributed by atoms with Crippen LogP contribution in [-0.2, 0) is 13.6 Å². The molecule has 0 saturated heterocycles. The van der Waals surface area contributed by atoms with Crippen molar-refractivity contribution in [2.24, 2.45) is 7.05 Å². The van der Waals surface area contributed by atoms with Crippen molar-refractivity contribution in [1.82, 2.24) is 15.0 Å². The fourth-order valence-corrected chi connectivity index (χ4v) is 2.57. The zero-order valence-corrected chi connectivity index (χ0v) is 13.0. The Hall–Kier alpha value is -1.27. The van der Waals surface area contributed by atoms with Crippen molar-refractivity contribution in [3.05, 3.63) is 33.5 Å². The van der Waals surface area contributed by atoms with E-state index in [1.807, 2.05) is 26.2 Å². The minimum atomic E-state index is 0.556. The van der Waals surface area contributed by atoms with Crippen molar-refractivity contribution in [3.63, 3.8) is 0 Å². The van der Waals surface area contributed by atoms with Gasteiger partial charge in [0.1, 0.15) is 5.69 Å². The highest BCUT2D eigenvalue weighted by molar-refractivity contribution is 9.10. The largest absolute Gasteiger partial charge is 0.491 e. The Morgan fingerprint density at radius 1 is 1.47 bits per heavy atom. The number of hydrogen-bond acceptors (Lipinski definition) is 4. The molecule has 1 aromatic carbocycles. The van der Waals surface area contributed by atoms with Crippen LogP contribution in [-0.4, -0.2) is 21.6 Å². The summed E-state index contributed by atoms with van der Waals surface area (Å²) in [6, 6.07) is 3.63. The molecule has 0 unspecified atom stereocenters. The standard InChI is InChI=1S/C12H14BrClN4O/c1-3-19-12-10(13)4-8(14)5-11(12)15-6-9-7-18(2)17-16-9/h4-5,7,15H,3,6H2,1-2H3. The van der Waals surface area contributed by atoms with E-state index >= 15 is 0 Å². The van der Waals surface area contributed by atoms with Gasteiger partial charge in [0, 0.05) is 18.3 Å². The minimum Gasteiger partial charge on any atom is -0.491 e. The molecule has 5 nitrogen and oxygen atoms in total. The molecule has 1 heterocycles. The molecule has 0 aliphatic rings. The first-order valence-electron chi connectivity index (χ1n) is 5.81. The number of nitrogens with one attached hydrogen (secondary N) is 1. The van der Waals surface area contributed by atoms with Gasteiger partial charge in [-0.2, -0.15) is 0 Å². The number of rotatable bonds is 5. The highest BCUT2D eigenvalue weighted by Crippen LogP contribution is 2.36. The molecule has 0 amide bonds. The van der Waals surface area contributed by atoms with Crippen molar-refractivity contribution >= 4 is 33.2 Å². The summed E-state index contributed by atoms with van der Waals surface area (Å²) in [7, 11) is 1.83. The summed E-state index contributed by atoms with van der Waals surface area (Å²) in [6.45, 7) is 3.08. The quantitative estimate of drug-likeness (QED) is 0.904. The van der Waals surface area contributed by atoms with Gasteiger partial charge >= 0.3 is 0 Å². The number of benzene rings is 1. The minimum absolute atomic E-state index is 0.556. The Bertz CT molecular complexity index is 573. The van der Waals surface area contributed by atoms with Crippen LogP contribution in [0.25, 0.3) is 0 Å². The zero-order valence-electron chi connectivity index (χ0n) is 10.7. The number of aromatic nitrogens is 3. The molecule has 2 rings (SSSR count). The summed E-state index contributed by atoms with van der Waals surface area (Å²) in [5, 5.41) is 11.8. The second-order valence-corrected chi connectivity index (χ2v) is 5.23. The van der Waals surface area contributed by atoms with E-state index < -0.39 is 0 Å². The van der Waals surface area contributed by atoms with Gasteiger partial charge in [0.15, 0.2) is 5.75 Å². The van der Waals surface area contributed by atoms with Crippen molar-refractivity contribution in [2.75, 3.05) is 11.9 Å². The molecule has 0 aliphatic heterocycles. The number of hydrogen-bond donors (Lipinski definition) is 1. The molecule has 0 bridgehead atoms. The number of nitrogens with zero attached hydrogens (tertiary/aromatic N) is 3. The van der Waals surface area contributed by atoms with Gasteiger partial charge in [0.25, 0.3) is 0 Å². The van der Waals surface area contributed by atoms with Crippen LogP contribution >= 0.6 is 27.5 Å². The topological polar surface area (TPSA) is 52.0 Å². The maximum absolute atomic E-state index is 6.05. The van der Waals surface area contributed by atoms with Crippen LogP contribution in [0.3, 0.4) is 0 Å². The van der Waals surface area contributed by atoms with Crippen molar-refractivity contribution in [1.29, 1.82) is 0 Å². The molecule has 0 radical (unpaired) electrons. The molecule has 0 aliphatic carbocycles. The first-order valence-corrected chi connectivity index (χ1v) is 6.98. The van der Waals surface area contributed by atoms with Gasteiger partial charge in [-0.1, -0.05) is 16.8 Å². The average molecular weight is 346 g/mol. The number of halogens is 2. The molecule has 19 heavy (non-hydrogen) atoms. The summed E-state index contributed by atoms with van der Waals surface area (Å²) in [5.74, 6) is 0.746. The second kappa shape index (κ2) is 6.25. The molecule has 0 fully saturated rings. The predicted octanol–water partition coefficient (Wildman–Crippen LogP) is 3.24. The molecule has 2 aromatic rings. The monoisotopic (exact) mass is 344 g/mol. The van der Waals surface area contributed by atoms with Crippen LogP contribution < -0.4 is 10.1 Å². The molecule has 102 valence electrons. The highest BCUT2D eigenvalue weighted by atomic mass is 79.9. The van der Waals surface area contributed by atoms with Gasteiger partial charge in [-0.15, -0.1) is 5.10 Å². The molecule has 1 N–H and O–H groups in total. The van der Waals surface area contributed by atoms with E-state index in [4.69, 9.17) is 16.3 Å². The maximum atomic E-state index is 6.05. The molecule has 0 spiro atoms. The summed E-state index contributed by atoms with van der Waals surface area (Å²) < 4.78 is 8.09. The smallest absolute Gasteiger partial charge is 0.156 e. The number of anilines is 1. The first-order chi connectivity index (χ1) is 9.10. The van der Waals surface area contributed by atoms with E-state index in [1.165, 1.54) is 0 Å². The first kappa shape index (κ1) is 14.1. The van der Waals surface area contributed by atoms with Gasteiger partial charge in [0.2, 0.25) is 0 Å². The van der Waals surface area contributed by atoms with Crippen LogP contribution in [0.5, 0.6) is 5.75 Å². The molecule has 0 saturated carbocycles. The predicted molar refractivity (Wildman–Crippen MR) is 78.7 cm³/mol. The van der Waals surface area contributed by atoms with Gasteiger partial charge in [-0.25, -0.2) is 0 Å². The molecular formula is C12H14BrClN4O. The fourth-order valence-electron chi connectivity index (χ4n) is 1.64. The summed E-state index contributed by atoms with van der Waals surface area (Å²) in [4.78, 5) is 0. The van der Waals surface area contributed by atoms with Gasteiger partial charge < -0.3 is 10.1 Å². The van der Waals surface area contributed by atoms with Crippen molar-refractivity contribution in [2.45, 2.75) is 13.5 Å². The van der Waals surface area contributed by atoms with Gasteiger partial charge in [0.05, 0.1) is 23.3 Å². The van der Waals surface area contributed by atoms with E-state index in [1.54, 1.807) is 10.7 Å². The third-order valence-corrected chi connectivity index (χ3v) is 3.21. The second-order valence-electron chi connectivity index (χ2n) is 3.93. The van der Waals surface area contributed by atoms with E-state index in [9.17, 15) is 0 Å². The molecule has 1 aromatic heterocycles. The highest BCUT2D eigenvalue weighted by Gasteiger charge is 2.10. The van der Waals surface area contributed by atoms with Crippen LogP contribution in [0.4, 0.5) is 5.69 Å². The molecule has 0 atom stereocenters. The summed E-state index contributed by atoms with van der Waals surface area (Å²) in [6.07, 6.45) is 1.85. The van der Waals surface area contributed by atoms with E-state index in [0.29, 0.717) is 18.2 Å². The SMILES string of the molecule is CCOc1c(Br)cc(Cl)cc1NCc1cn(C)nn1. The Morgan fingerprint density at radius 3 is 2.89 bits per heavy atom. The Labute approximate surface area is 125 Å². The van der Waals surface area contributed by atoms with E-state index in [-0.39, 0.29) is 0 Å². The van der Waals surface area contributed by atoms with E-state index in [2.05, 4.69) is 31.6 Å². The Balaban J connectivity index is 2.18. The van der Waals surface area contributed by atoms with Crippen LogP contribution in [0.1, 0.15) is 12.6 Å². The van der Waals surface area contributed by atoms with E-state index in [0.717, 1.165) is 21.6 Å². The number of aryl methyl sites for hydroxylation is 1. The van der Waals surface area contributed by atoms with Gasteiger partial charge in [-0.3, -0.25) is 4.68 Å². The average Bonchev–Trinajstić information content (AvgIpc) is 2.76.